The fraction of sp³-hybridized carbons (Fsp3) is 1.00. The van der Waals surface area contributed by atoms with E-state index >= 15 is 0 Å². The van der Waals surface area contributed by atoms with Crippen LogP contribution in [0.5, 0.6) is 0 Å². The van der Waals surface area contributed by atoms with Gasteiger partial charge in [0.15, 0.2) is 6.29 Å². The molecule has 1 fully saturated rings. The zero-order valence-corrected chi connectivity index (χ0v) is 7.32. The van der Waals surface area contributed by atoms with Crippen LogP contribution in [0.25, 0.3) is 0 Å². The molecule has 0 bridgehead atoms. The summed E-state index contributed by atoms with van der Waals surface area (Å²) in [7, 11) is 1.52. The Morgan fingerprint density at radius 1 is 1.50 bits per heavy atom. The van der Waals surface area contributed by atoms with Gasteiger partial charge in [0.05, 0.1) is 18.6 Å². The molecular weight excluding hydrogens is 160 g/mol. The molecule has 4 heteroatoms. The van der Waals surface area contributed by atoms with Gasteiger partial charge in [-0.2, -0.15) is 0 Å². The molecule has 1 heterocycles. The van der Waals surface area contributed by atoms with Crippen molar-refractivity contribution in [2.45, 2.75) is 19.1 Å². The van der Waals surface area contributed by atoms with E-state index in [4.69, 9.17) is 19.7 Å². The van der Waals surface area contributed by atoms with Crippen molar-refractivity contribution in [1.82, 2.24) is 0 Å². The Balaban J connectivity index is 2.66. The largest absolute Gasteiger partial charge is 0.396 e. The number of hydrogen-bond acceptors (Lipinski definition) is 4. The third-order valence-corrected chi connectivity index (χ3v) is 2.43. The molecule has 0 amide bonds. The molecule has 72 valence electrons. The normalized spacial score (nSPS) is 28.8. The maximum Gasteiger partial charge on any atom is 0.167 e. The Kier molecular flexibility index (Phi) is 3.46. The first-order valence-corrected chi connectivity index (χ1v) is 4.15. The van der Waals surface area contributed by atoms with E-state index in [1.54, 1.807) is 0 Å². The smallest absolute Gasteiger partial charge is 0.167 e. The highest BCUT2D eigenvalue weighted by atomic mass is 16.7. The Hall–Kier alpha value is -0.160. The fourth-order valence-electron chi connectivity index (χ4n) is 1.58. The Morgan fingerprint density at radius 2 is 2.17 bits per heavy atom. The van der Waals surface area contributed by atoms with Crippen molar-refractivity contribution in [3.8, 4) is 0 Å². The van der Waals surface area contributed by atoms with Gasteiger partial charge in [-0.25, -0.2) is 0 Å². The zero-order chi connectivity index (χ0) is 9.03. The summed E-state index contributed by atoms with van der Waals surface area (Å²) >= 11 is 0. The number of aliphatic hydroxyl groups excluding tert-OH is 2. The fourth-order valence-corrected chi connectivity index (χ4v) is 1.58. The van der Waals surface area contributed by atoms with E-state index in [2.05, 4.69) is 0 Å². The first kappa shape index (κ1) is 9.92. The topological polar surface area (TPSA) is 58.9 Å². The molecule has 1 atom stereocenters. The molecule has 0 spiro atoms. The summed E-state index contributed by atoms with van der Waals surface area (Å²) in [5.74, 6) is 0. The lowest BCUT2D eigenvalue weighted by molar-refractivity contribution is -0.239. The van der Waals surface area contributed by atoms with Crippen molar-refractivity contribution >= 4 is 0 Å². The summed E-state index contributed by atoms with van der Waals surface area (Å²) in [6.45, 7) is 0.449. The van der Waals surface area contributed by atoms with Gasteiger partial charge < -0.3 is 19.7 Å². The monoisotopic (exact) mass is 176 g/mol. The molecule has 2 N–H and O–H groups in total. The summed E-state index contributed by atoms with van der Waals surface area (Å²) in [5.41, 5.74) is -0.604. The second kappa shape index (κ2) is 4.18. The molecule has 1 aliphatic heterocycles. The third-order valence-electron chi connectivity index (χ3n) is 2.43. The number of aliphatic hydroxyl groups is 2. The number of methoxy groups -OCH3 is 1. The van der Waals surface area contributed by atoms with Crippen molar-refractivity contribution in [2.75, 3.05) is 26.9 Å². The maximum atomic E-state index is 9.12. The van der Waals surface area contributed by atoms with Crippen LogP contribution in [-0.2, 0) is 9.47 Å². The minimum atomic E-state index is -0.604. The van der Waals surface area contributed by atoms with E-state index in [-0.39, 0.29) is 13.2 Å². The minimum absolute atomic E-state index is 0.0952. The maximum absolute atomic E-state index is 9.12. The Bertz CT molecular complexity index is 133. The quantitative estimate of drug-likeness (QED) is 0.622. The van der Waals surface area contributed by atoms with Gasteiger partial charge in [0.25, 0.3) is 0 Å². The second-order valence-corrected chi connectivity index (χ2v) is 3.22. The van der Waals surface area contributed by atoms with Crippen molar-refractivity contribution < 1.29 is 19.7 Å². The van der Waals surface area contributed by atoms with Gasteiger partial charge in [0.2, 0.25) is 0 Å². The second-order valence-electron chi connectivity index (χ2n) is 3.22. The molecule has 0 radical (unpaired) electrons. The van der Waals surface area contributed by atoms with Gasteiger partial charge in [0, 0.05) is 13.7 Å². The first-order chi connectivity index (χ1) is 5.79. The van der Waals surface area contributed by atoms with Gasteiger partial charge in [-0.1, -0.05) is 0 Å². The SMILES string of the molecule is COC1OCCCC1(CO)CO. The molecule has 0 aromatic heterocycles. The average Bonchev–Trinajstić information content (AvgIpc) is 2.17. The van der Waals surface area contributed by atoms with Crippen LogP contribution in [0.2, 0.25) is 0 Å². The van der Waals surface area contributed by atoms with Crippen molar-refractivity contribution in [3.05, 3.63) is 0 Å². The Morgan fingerprint density at radius 3 is 2.58 bits per heavy atom. The molecule has 1 saturated heterocycles. The van der Waals surface area contributed by atoms with Crippen LogP contribution >= 0.6 is 0 Å². The Labute approximate surface area is 72.1 Å². The molecule has 12 heavy (non-hydrogen) atoms. The van der Waals surface area contributed by atoms with Crippen LogP contribution in [-0.4, -0.2) is 43.4 Å². The zero-order valence-electron chi connectivity index (χ0n) is 7.32. The number of ether oxygens (including phenoxy) is 2. The molecular formula is C8H16O4. The van der Waals surface area contributed by atoms with E-state index in [9.17, 15) is 0 Å². The predicted molar refractivity (Wildman–Crippen MR) is 42.6 cm³/mol. The van der Waals surface area contributed by atoms with Crippen molar-refractivity contribution in [3.63, 3.8) is 0 Å². The van der Waals surface area contributed by atoms with Crippen LogP contribution < -0.4 is 0 Å². The molecule has 0 aliphatic carbocycles. The van der Waals surface area contributed by atoms with Crippen LogP contribution in [0.4, 0.5) is 0 Å². The number of hydrogen-bond donors (Lipinski definition) is 2. The van der Waals surface area contributed by atoms with Gasteiger partial charge in [0.1, 0.15) is 0 Å². The lowest BCUT2D eigenvalue weighted by Gasteiger charge is -2.40. The van der Waals surface area contributed by atoms with Crippen molar-refractivity contribution in [2.24, 2.45) is 5.41 Å². The van der Waals surface area contributed by atoms with Crippen LogP contribution in [0.1, 0.15) is 12.8 Å². The molecule has 1 unspecified atom stereocenters. The van der Waals surface area contributed by atoms with Gasteiger partial charge in [-0.15, -0.1) is 0 Å². The third kappa shape index (κ3) is 1.61. The summed E-state index contributed by atoms with van der Waals surface area (Å²) in [6, 6.07) is 0. The molecule has 0 aromatic rings. The molecule has 0 aromatic carbocycles. The summed E-state index contributed by atoms with van der Waals surface area (Å²) in [4.78, 5) is 0. The van der Waals surface area contributed by atoms with Gasteiger partial charge >= 0.3 is 0 Å². The highest BCUT2D eigenvalue weighted by Gasteiger charge is 2.41. The summed E-state index contributed by atoms with van der Waals surface area (Å²) in [5, 5.41) is 18.2. The molecule has 0 saturated carbocycles. The average molecular weight is 176 g/mol. The predicted octanol–water partition coefficient (Wildman–Crippen LogP) is -0.260. The standard InChI is InChI=1S/C8H16O4/c1-11-7-8(5-9,6-10)3-2-4-12-7/h7,9-10H,2-6H2,1H3. The minimum Gasteiger partial charge on any atom is -0.396 e. The molecule has 1 rings (SSSR count). The van der Waals surface area contributed by atoms with Gasteiger partial charge in [-0.05, 0) is 12.8 Å². The van der Waals surface area contributed by atoms with Crippen LogP contribution in [0, 0.1) is 5.41 Å². The van der Waals surface area contributed by atoms with Crippen LogP contribution in [0.15, 0.2) is 0 Å². The first-order valence-electron chi connectivity index (χ1n) is 4.15. The lowest BCUT2D eigenvalue weighted by atomic mass is 9.82. The van der Waals surface area contributed by atoms with E-state index in [1.165, 1.54) is 7.11 Å². The highest BCUT2D eigenvalue weighted by Crippen LogP contribution is 2.33. The number of rotatable bonds is 3. The van der Waals surface area contributed by atoms with E-state index in [1.807, 2.05) is 0 Å². The van der Waals surface area contributed by atoms with Gasteiger partial charge in [-0.3, -0.25) is 0 Å². The molecule has 1 aliphatic rings. The highest BCUT2D eigenvalue weighted by molar-refractivity contribution is 4.84. The van der Waals surface area contributed by atoms with E-state index in [0.717, 1.165) is 12.8 Å². The van der Waals surface area contributed by atoms with E-state index in [0.29, 0.717) is 6.61 Å². The summed E-state index contributed by atoms with van der Waals surface area (Å²) < 4.78 is 10.3. The lowest BCUT2D eigenvalue weighted by Crippen LogP contribution is -2.47. The summed E-state index contributed by atoms with van der Waals surface area (Å²) in [6.07, 6.45) is 1.14. The van der Waals surface area contributed by atoms with Crippen LogP contribution in [0.3, 0.4) is 0 Å². The van der Waals surface area contributed by atoms with Crippen molar-refractivity contribution in [1.29, 1.82) is 0 Å². The molecule has 4 nitrogen and oxygen atoms in total. The van der Waals surface area contributed by atoms with E-state index < -0.39 is 11.7 Å².